The summed E-state index contributed by atoms with van der Waals surface area (Å²) >= 11 is 3.59. The Morgan fingerprint density at radius 2 is 2.16 bits per heavy atom. The molecule has 1 aromatic carbocycles. The molecule has 1 saturated carbocycles. The number of methoxy groups -OCH3 is 1. The Morgan fingerprint density at radius 1 is 1.37 bits per heavy atom. The van der Waals surface area contributed by atoms with Crippen LogP contribution < -0.4 is 5.32 Å². The number of ether oxygens (including phenoxy) is 1. The van der Waals surface area contributed by atoms with E-state index < -0.39 is 0 Å². The lowest BCUT2D eigenvalue weighted by Crippen LogP contribution is -2.28. The van der Waals surface area contributed by atoms with Crippen molar-refractivity contribution in [3.63, 3.8) is 0 Å². The van der Waals surface area contributed by atoms with Crippen molar-refractivity contribution in [3.8, 4) is 0 Å². The van der Waals surface area contributed by atoms with Crippen molar-refractivity contribution >= 4 is 15.9 Å². The zero-order chi connectivity index (χ0) is 13.5. The largest absolute Gasteiger partial charge is 0.383 e. The third kappa shape index (κ3) is 4.59. The molecule has 106 valence electrons. The molecule has 0 aliphatic heterocycles. The lowest BCUT2D eigenvalue weighted by molar-refractivity contribution is 0.198. The monoisotopic (exact) mass is 325 g/mol. The number of hydrogen-bond donors (Lipinski definition) is 1. The van der Waals surface area contributed by atoms with Crippen molar-refractivity contribution in [1.29, 1.82) is 0 Å². The minimum Gasteiger partial charge on any atom is -0.383 e. The fourth-order valence-corrected chi connectivity index (χ4v) is 3.50. The van der Waals surface area contributed by atoms with Crippen molar-refractivity contribution in [3.05, 3.63) is 34.3 Å². The minimum absolute atomic E-state index is 0.636. The van der Waals surface area contributed by atoms with Gasteiger partial charge in [-0.3, -0.25) is 0 Å². The topological polar surface area (TPSA) is 21.3 Å². The van der Waals surface area contributed by atoms with Gasteiger partial charge in [-0.1, -0.05) is 40.9 Å². The lowest BCUT2D eigenvalue weighted by atomic mass is 9.85. The van der Waals surface area contributed by atoms with Crippen LogP contribution in [0.2, 0.25) is 0 Å². The van der Waals surface area contributed by atoms with Gasteiger partial charge in [0, 0.05) is 24.7 Å². The highest BCUT2D eigenvalue weighted by atomic mass is 79.9. The number of nitrogens with one attached hydrogen (secondary N) is 1. The average Bonchev–Trinajstić information content (AvgIpc) is 2.92. The van der Waals surface area contributed by atoms with Gasteiger partial charge in [-0.2, -0.15) is 0 Å². The predicted octanol–water partition coefficient (Wildman–Crippen LogP) is 3.96. The molecule has 0 saturated heterocycles. The van der Waals surface area contributed by atoms with Crippen molar-refractivity contribution in [1.82, 2.24) is 5.32 Å². The second-order valence-electron chi connectivity index (χ2n) is 5.40. The highest BCUT2D eigenvalue weighted by Crippen LogP contribution is 2.37. The molecule has 1 atom stereocenters. The van der Waals surface area contributed by atoms with Gasteiger partial charge in [-0.15, -0.1) is 0 Å². The molecule has 1 fully saturated rings. The molecule has 1 N–H and O–H groups in total. The number of halogens is 1. The number of hydrogen-bond acceptors (Lipinski definition) is 2. The molecule has 1 aliphatic carbocycles. The maximum Gasteiger partial charge on any atom is 0.0587 e. The van der Waals surface area contributed by atoms with Crippen LogP contribution in [0.5, 0.6) is 0 Å². The summed E-state index contributed by atoms with van der Waals surface area (Å²) in [6.45, 7) is 2.79. The Labute approximate surface area is 125 Å². The van der Waals surface area contributed by atoms with Gasteiger partial charge in [0.15, 0.2) is 0 Å². The summed E-state index contributed by atoms with van der Waals surface area (Å²) in [5.74, 6) is 1.47. The van der Waals surface area contributed by atoms with E-state index in [-0.39, 0.29) is 0 Å². The van der Waals surface area contributed by atoms with E-state index >= 15 is 0 Å². The average molecular weight is 326 g/mol. The van der Waals surface area contributed by atoms with Crippen LogP contribution in [0.4, 0.5) is 0 Å². The minimum atomic E-state index is 0.636. The molecule has 1 aliphatic rings. The van der Waals surface area contributed by atoms with Crippen LogP contribution in [0.15, 0.2) is 28.7 Å². The van der Waals surface area contributed by atoms with E-state index in [2.05, 4.69) is 45.5 Å². The fourth-order valence-electron chi connectivity index (χ4n) is 3.09. The molecular weight excluding hydrogens is 302 g/mol. The van der Waals surface area contributed by atoms with E-state index in [1.807, 2.05) is 0 Å². The summed E-state index contributed by atoms with van der Waals surface area (Å²) < 4.78 is 6.29. The molecule has 2 nitrogen and oxygen atoms in total. The Hall–Kier alpha value is -0.380. The highest BCUT2D eigenvalue weighted by Gasteiger charge is 2.26. The molecular formula is C16H24BrNO. The SMILES string of the molecule is COCCNCC(c1cccc(Br)c1)C1CCCC1. The maximum absolute atomic E-state index is 5.10. The second kappa shape index (κ2) is 8.03. The Balaban J connectivity index is 2.00. The van der Waals surface area contributed by atoms with E-state index in [1.54, 1.807) is 7.11 Å². The Bertz CT molecular complexity index is 377. The fraction of sp³-hybridized carbons (Fsp3) is 0.625. The van der Waals surface area contributed by atoms with Gasteiger partial charge in [-0.25, -0.2) is 0 Å². The molecule has 19 heavy (non-hydrogen) atoms. The van der Waals surface area contributed by atoms with Crippen molar-refractivity contribution in [2.45, 2.75) is 31.6 Å². The first-order valence-corrected chi connectivity index (χ1v) is 8.05. The molecule has 0 spiro atoms. The predicted molar refractivity (Wildman–Crippen MR) is 83.6 cm³/mol. The molecule has 1 unspecified atom stereocenters. The summed E-state index contributed by atoms with van der Waals surface area (Å²) in [6, 6.07) is 8.80. The summed E-state index contributed by atoms with van der Waals surface area (Å²) in [6.07, 6.45) is 5.55. The van der Waals surface area contributed by atoms with E-state index in [0.717, 1.165) is 25.6 Å². The zero-order valence-electron chi connectivity index (χ0n) is 11.7. The number of benzene rings is 1. The quantitative estimate of drug-likeness (QED) is 0.766. The van der Waals surface area contributed by atoms with Gasteiger partial charge >= 0.3 is 0 Å². The molecule has 2 rings (SSSR count). The number of rotatable bonds is 7. The van der Waals surface area contributed by atoms with Crippen molar-refractivity contribution in [2.24, 2.45) is 5.92 Å². The van der Waals surface area contributed by atoms with E-state index in [9.17, 15) is 0 Å². The third-order valence-electron chi connectivity index (χ3n) is 4.09. The van der Waals surface area contributed by atoms with Crippen LogP contribution >= 0.6 is 15.9 Å². The van der Waals surface area contributed by atoms with Gasteiger partial charge in [0.05, 0.1) is 6.61 Å². The van der Waals surface area contributed by atoms with Crippen LogP contribution in [-0.2, 0) is 4.74 Å². The first-order chi connectivity index (χ1) is 9.31. The van der Waals surface area contributed by atoms with Gasteiger partial charge in [-0.05, 0) is 42.4 Å². The second-order valence-corrected chi connectivity index (χ2v) is 6.32. The third-order valence-corrected chi connectivity index (χ3v) is 4.59. The van der Waals surface area contributed by atoms with Crippen LogP contribution in [0.25, 0.3) is 0 Å². The molecule has 0 radical (unpaired) electrons. The molecule has 1 aromatic rings. The van der Waals surface area contributed by atoms with Gasteiger partial charge in [0.2, 0.25) is 0 Å². The van der Waals surface area contributed by atoms with Crippen molar-refractivity contribution in [2.75, 3.05) is 26.8 Å². The maximum atomic E-state index is 5.10. The Morgan fingerprint density at radius 3 is 2.84 bits per heavy atom. The normalized spacial score (nSPS) is 17.8. The van der Waals surface area contributed by atoms with Gasteiger partial charge in [0.1, 0.15) is 0 Å². The zero-order valence-corrected chi connectivity index (χ0v) is 13.3. The summed E-state index contributed by atoms with van der Waals surface area (Å²) in [5, 5.41) is 3.54. The van der Waals surface area contributed by atoms with Crippen molar-refractivity contribution < 1.29 is 4.74 Å². The standard InChI is InChI=1S/C16H24BrNO/c1-19-10-9-18-12-16(13-5-2-3-6-13)14-7-4-8-15(17)11-14/h4,7-8,11,13,16,18H,2-3,5-6,9-10,12H2,1H3. The van der Waals surface area contributed by atoms with Crippen LogP contribution in [0, 0.1) is 5.92 Å². The summed E-state index contributed by atoms with van der Waals surface area (Å²) in [5.41, 5.74) is 1.46. The lowest BCUT2D eigenvalue weighted by Gasteiger charge is -2.24. The van der Waals surface area contributed by atoms with E-state index in [0.29, 0.717) is 5.92 Å². The van der Waals surface area contributed by atoms with E-state index in [1.165, 1.54) is 35.7 Å². The summed E-state index contributed by atoms with van der Waals surface area (Å²) in [7, 11) is 1.75. The van der Waals surface area contributed by atoms with E-state index in [4.69, 9.17) is 4.74 Å². The molecule has 3 heteroatoms. The van der Waals surface area contributed by atoms with Gasteiger partial charge in [0.25, 0.3) is 0 Å². The Kier molecular flexibility index (Phi) is 6.35. The molecule has 0 aromatic heterocycles. The first kappa shape index (κ1) is 15.0. The highest BCUT2D eigenvalue weighted by molar-refractivity contribution is 9.10. The smallest absolute Gasteiger partial charge is 0.0587 e. The van der Waals surface area contributed by atoms with Crippen LogP contribution in [0.1, 0.15) is 37.2 Å². The van der Waals surface area contributed by atoms with Crippen LogP contribution in [0.3, 0.4) is 0 Å². The summed E-state index contributed by atoms with van der Waals surface area (Å²) in [4.78, 5) is 0. The van der Waals surface area contributed by atoms with Crippen LogP contribution in [-0.4, -0.2) is 26.8 Å². The first-order valence-electron chi connectivity index (χ1n) is 7.26. The molecule has 0 heterocycles. The molecule has 0 bridgehead atoms. The molecule has 0 amide bonds. The van der Waals surface area contributed by atoms with Gasteiger partial charge < -0.3 is 10.1 Å².